The lowest BCUT2D eigenvalue weighted by Crippen LogP contribution is -2.19. The molecule has 0 aliphatic heterocycles. The Morgan fingerprint density at radius 2 is 2.24 bits per heavy atom. The third-order valence-corrected chi connectivity index (χ3v) is 5.91. The Bertz CT molecular complexity index is 638. The molecular formula is C16H20Cl2N2S. The lowest BCUT2D eigenvalue weighted by Gasteiger charge is -2.24. The van der Waals surface area contributed by atoms with E-state index in [1.165, 1.54) is 19.3 Å². The third-order valence-electron chi connectivity index (χ3n) is 4.16. The van der Waals surface area contributed by atoms with Crippen molar-refractivity contribution in [2.45, 2.75) is 49.8 Å². The second-order valence-corrected chi connectivity index (χ2v) is 8.19. The first-order chi connectivity index (χ1) is 10.1. The standard InChI is InChI=1S/C16H20Cl2N2S/c1-3-21-15-6-4-5-13(15)20-14-9-11(18)7-8-12(14)19-16(20)10(2)17/h7-10,13,15H,3-6H2,1-2H3. The third kappa shape index (κ3) is 2.93. The highest BCUT2D eigenvalue weighted by molar-refractivity contribution is 7.99. The van der Waals surface area contributed by atoms with E-state index in [0.717, 1.165) is 27.6 Å². The molecule has 1 saturated carbocycles. The number of hydrogen-bond donors (Lipinski definition) is 0. The van der Waals surface area contributed by atoms with E-state index in [-0.39, 0.29) is 5.38 Å². The van der Waals surface area contributed by atoms with Gasteiger partial charge in [0.2, 0.25) is 0 Å². The van der Waals surface area contributed by atoms with Gasteiger partial charge in [0.1, 0.15) is 5.82 Å². The van der Waals surface area contributed by atoms with E-state index in [1.54, 1.807) is 0 Å². The molecule has 1 aromatic carbocycles. The smallest absolute Gasteiger partial charge is 0.128 e. The van der Waals surface area contributed by atoms with E-state index >= 15 is 0 Å². The molecule has 1 fully saturated rings. The first-order valence-corrected chi connectivity index (χ1v) is 9.41. The van der Waals surface area contributed by atoms with Crippen LogP contribution in [0.25, 0.3) is 11.0 Å². The largest absolute Gasteiger partial charge is 0.322 e. The van der Waals surface area contributed by atoms with Gasteiger partial charge in [-0.3, -0.25) is 0 Å². The summed E-state index contributed by atoms with van der Waals surface area (Å²) in [6, 6.07) is 6.40. The summed E-state index contributed by atoms with van der Waals surface area (Å²) in [5.41, 5.74) is 2.12. The topological polar surface area (TPSA) is 17.8 Å². The van der Waals surface area contributed by atoms with Gasteiger partial charge in [-0.15, -0.1) is 11.6 Å². The molecule has 0 spiro atoms. The average Bonchev–Trinajstić information content (AvgIpc) is 3.02. The van der Waals surface area contributed by atoms with Crippen molar-refractivity contribution >= 4 is 46.0 Å². The molecular weight excluding hydrogens is 323 g/mol. The number of fused-ring (bicyclic) bond motifs is 1. The highest BCUT2D eigenvalue weighted by atomic mass is 35.5. The van der Waals surface area contributed by atoms with Crippen molar-refractivity contribution in [3.8, 4) is 0 Å². The molecule has 1 aliphatic rings. The van der Waals surface area contributed by atoms with Gasteiger partial charge in [0.15, 0.2) is 0 Å². The summed E-state index contributed by atoms with van der Waals surface area (Å²) in [6.07, 6.45) is 3.75. The van der Waals surface area contributed by atoms with E-state index in [1.807, 2.05) is 25.1 Å². The molecule has 0 bridgehead atoms. The monoisotopic (exact) mass is 342 g/mol. The summed E-state index contributed by atoms with van der Waals surface area (Å²) >= 11 is 14.7. The Balaban J connectivity index is 2.14. The van der Waals surface area contributed by atoms with Crippen LogP contribution in [0, 0.1) is 0 Å². The molecule has 0 N–H and O–H groups in total. The maximum atomic E-state index is 6.40. The Morgan fingerprint density at radius 3 is 2.95 bits per heavy atom. The van der Waals surface area contributed by atoms with E-state index in [4.69, 9.17) is 28.2 Å². The number of alkyl halides is 1. The number of hydrogen-bond acceptors (Lipinski definition) is 2. The van der Waals surface area contributed by atoms with Crippen LogP contribution in [-0.4, -0.2) is 20.6 Å². The number of benzene rings is 1. The van der Waals surface area contributed by atoms with Gasteiger partial charge in [-0.05, 0) is 43.7 Å². The van der Waals surface area contributed by atoms with Crippen molar-refractivity contribution < 1.29 is 0 Å². The summed E-state index contributed by atoms with van der Waals surface area (Å²) in [7, 11) is 0. The van der Waals surface area contributed by atoms with E-state index in [0.29, 0.717) is 11.3 Å². The number of nitrogens with zero attached hydrogens (tertiary/aromatic N) is 2. The molecule has 2 aromatic rings. The molecule has 0 saturated heterocycles. The van der Waals surface area contributed by atoms with Gasteiger partial charge in [-0.25, -0.2) is 4.98 Å². The van der Waals surface area contributed by atoms with Crippen LogP contribution in [0.5, 0.6) is 0 Å². The second kappa shape index (κ2) is 6.39. The minimum Gasteiger partial charge on any atom is -0.322 e. The highest BCUT2D eigenvalue weighted by Crippen LogP contribution is 2.42. The molecule has 114 valence electrons. The van der Waals surface area contributed by atoms with Gasteiger partial charge in [0, 0.05) is 16.3 Å². The number of aromatic nitrogens is 2. The number of rotatable bonds is 4. The van der Waals surface area contributed by atoms with Crippen molar-refractivity contribution in [2.75, 3.05) is 5.75 Å². The van der Waals surface area contributed by atoms with Crippen molar-refractivity contribution in [3.63, 3.8) is 0 Å². The van der Waals surface area contributed by atoms with Crippen LogP contribution in [-0.2, 0) is 0 Å². The summed E-state index contributed by atoms with van der Waals surface area (Å²) in [5.74, 6) is 2.13. The zero-order valence-electron chi connectivity index (χ0n) is 12.4. The van der Waals surface area contributed by atoms with Crippen molar-refractivity contribution in [1.82, 2.24) is 9.55 Å². The molecule has 1 heterocycles. The Kier molecular flexibility index (Phi) is 4.72. The van der Waals surface area contributed by atoms with Gasteiger partial charge < -0.3 is 4.57 Å². The van der Waals surface area contributed by atoms with E-state index in [9.17, 15) is 0 Å². The van der Waals surface area contributed by atoms with Crippen LogP contribution in [0.1, 0.15) is 50.4 Å². The highest BCUT2D eigenvalue weighted by Gasteiger charge is 2.32. The maximum absolute atomic E-state index is 6.40. The molecule has 1 aromatic heterocycles. The van der Waals surface area contributed by atoms with Crippen molar-refractivity contribution in [3.05, 3.63) is 29.0 Å². The Morgan fingerprint density at radius 1 is 1.43 bits per heavy atom. The first-order valence-electron chi connectivity index (χ1n) is 7.55. The fourth-order valence-electron chi connectivity index (χ4n) is 3.32. The Hall–Kier alpha value is -0.380. The summed E-state index contributed by atoms with van der Waals surface area (Å²) in [6.45, 7) is 4.23. The van der Waals surface area contributed by atoms with Crippen LogP contribution in [0.3, 0.4) is 0 Å². The number of imidazole rings is 1. The zero-order valence-corrected chi connectivity index (χ0v) is 14.7. The fraction of sp³-hybridized carbons (Fsp3) is 0.562. The lowest BCUT2D eigenvalue weighted by molar-refractivity contribution is 0.519. The fourth-order valence-corrected chi connectivity index (χ4v) is 4.89. The molecule has 2 nitrogen and oxygen atoms in total. The van der Waals surface area contributed by atoms with Crippen LogP contribution in [0.2, 0.25) is 5.02 Å². The van der Waals surface area contributed by atoms with Gasteiger partial charge in [-0.2, -0.15) is 11.8 Å². The average molecular weight is 343 g/mol. The van der Waals surface area contributed by atoms with Gasteiger partial charge in [0.05, 0.1) is 16.4 Å². The SMILES string of the molecule is CCSC1CCCC1n1c(C(C)Cl)nc2ccc(Cl)cc21. The molecule has 5 heteroatoms. The molecule has 0 radical (unpaired) electrons. The van der Waals surface area contributed by atoms with Crippen LogP contribution in [0.4, 0.5) is 0 Å². The molecule has 0 amide bonds. The quantitative estimate of drug-likeness (QED) is 0.650. The summed E-state index contributed by atoms with van der Waals surface area (Å²) in [4.78, 5) is 4.76. The number of halogens is 2. The van der Waals surface area contributed by atoms with Gasteiger partial charge in [-0.1, -0.05) is 24.9 Å². The Labute approximate surface area is 140 Å². The van der Waals surface area contributed by atoms with Crippen molar-refractivity contribution in [2.24, 2.45) is 0 Å². The van der Waals surface area contributed by atoms with E-state index < -0.39 is 0 Å². The summed E-state index contributed by atoms with van der Waals surface area (Å²) in [5, 5.41) is 1.32. The van der Waals surface area contributed by atoms with Crippen LogP contribution >= 0.6 is 35.0 Å². The van der Waals surface area contributed by atoms with Crippen LogP contribution in [0.15, 0.2) is 18.2 Å². The normalized spacial score (nSPS) is 23.8. The molecule has 3 rings (SSSR count). The van der Waals surface area contributed by atoms with Gasteiger partial charge in [0.25, 0.3) is 0 Å². The lowest BCUT2D eigenvalue weighted by atomic mass is 10.2. The van der Waals surface area contributed by atoms with Crippen LogP contribution < -0.4 is 0 Å². The molecule has 21 heavy (non-hydrogen) atoms. The summed E-state index contributed by atoms with van der Waals surface area (Å²) < 4.78 is 2.36. The zero-order chi connectivity index (χ0) is 15.0. The maximum Gasteiger partial charge on any atom is 0.128 e. The number of thioether (sulfide) groups is 1. The van der Waals surface area contributed by atoms with Gasteiger partial charge >= 0.3 is 0 Å². The molecule has 1 aliphatic carbocycles. The molecule has 3 atom stereocenters. The first kappa shape index (κ1) is 15.5. The van der Waals surface area contributed by atoms with E-state index in [2.05, 4.69) is 23.3 Å². The minimum absolute atomic E-state index is 0.0935. The minimum atomic E-state index is -0.0935. The predicted octanol–water partition coefficient (Wildman–Crippen LogP) is 5.84. The van der Waals surface area contributed by atoms with Crippen molar-refractivity contribution in [1.29, 1.82) is 0 Å². The second-order valence-electron chi connectivity index (χ2n) is 5.58. The molecule has 3 unspecified atom stereocenters. The predicted molar refractivity (Wildman–Crippen MR) is 93.8 cm³/mol.